The quantitative estimate of drug-likeness (QED) is 0.349. The molecule has 6 nitrogen and oxygen atoms in total. The van der Waals surface area contributed by atoms with Crippen LogP contribution in [0, 0.1) is 0 Å². The molecule has 6 heteroatoms. The molecule has 33 heavy (non-hydrogen) atoms. The second kappa shape index (κ2) is 10.0. The summed E-state index contributed by atoms with van der Waals surface area (Å²) in [4.78, 5) is 4.69. The number of hydrogen-bond acceptors (Lipinski definition) is 5. The zero-order valence-electron chi connectivity index (χ0n) is 18.3. The van der Waals surface area contributed by atoms with Crippen LogP contribution in [0.3, 0.4) is 0 Å². The van der Waals surface area contributed by atoms with E-state index in [2.05, 4.69) is 80.2 Å². The maximum Gasteiger partial charge on any atom is 0.178 e. The summed E-state index contributed by atoms with van der Waals surface area (Å²) in [5, 5.41) is 15.2. The second-order valence-corrected chi connectivity index (χ2v) is 8.11. The summed E-state index contributed by atoms with van der Waals surface area (Å²) in [6.45, 7) is 0.463. The van der Waals surface area contributed by atoms with Gasteiger partial charge in [-0.25, -0.2) is 4.98 Å². The lowest BCUT2D eigenvalue weighted by Crippen LogP contribution is -1.99. The molecule has 0 saturated heterocycles. The second-order valence-electron chi connectivity index (χ2n) is 8.11. The topological polar surface area (TPSA) is 76.6 Å². The molecule has 0 fully saturated rings. The Balaban J connectivity index is 1.12. The Hall–Kier alpha value is -4.06. The Labute approximate surface area is 192 Å². The van der Waals surface area contributed by atoms with Crippen molar-refractivity contribution >= 4 is 10.9 Å². The third kappa shape index (κ3) is 5.60. The van der Waals surface area contributed by atoms with Crippen LogP contribution in [0.2, 0.25) is 0 Å². The number of aromatic amines is 1. The number of aryl methyl sites for hydroxylation is 2. The number of tetrazole rings is 1. The van der Waals surface area contributed by atoms with Crippen molar-refractivity contribution in [2.45, 2.75) is 32.3 Å². The van der Waals surface area contributed by atoms with Gasteiger partial charge in [0.1, 0.15) is 12.4 Å². The van der Waals surface area contributed by atoms with Crippen LogP contribution in [0.4, 0.5) is 0 Å². The predicted octanol–water partition coefficient (Wildman–Crippen LogP) is 5.09. The smallest absolute Gasteiger partial charge is 0.178 e. The van der Waals surface area contributed by atoms with E-state index in [0.717, 1.165) is 41.6 Å². The molecule has 0 amide bonds. The zero-order valence-corrected chi connectivity index (χ0v) is 18.3. The molecule has 5 rings (SSSR count). The minimum absolute atomic E-state index is 0.463. The van der Waals surface area contributed by atoms with Crippen LogP contribution in [0.1, 0.15) is 34.6 Å². The van der Waals surface area contributed by atoms with E-state index in [9.17, 15) is 0 Å². The van der Waals surface area contributed by atoms with Gasteiger partial charge in [0.15, 0.2) is 5.82 Å². The molecule has 0 aliphatic carbocycles. The minimum Gasteiger partial charge on any atom is -0.487 e. The SMILES string of the molecule is c1cc(CCCc2ccc(Cc3nn[nH]n3)cc2)cc(OCc2ccc3ccccc3n2)c1. The van der Waals surface area contributed by atoms with Crippen molar-refractivity contribution in [2.24, 2.45) is 0 Å². The van der Waals surface area contributed by atoms with Crippen molar-refractivity contribution in [2.75, 3.05) is 0 Å². The minimum atomic E-state index is 0.463. The first-order chi connectivity index (χ1) is 16.3. The number of rotatable bonds is 9. The summed E-state index contributed by atoms with van der Waals surface area (Å²) in [5.41, 5.74) is 5.73. The van der Waals surface area contributed by atoms with Gasteiger partial charge < -0.3 is 4.74 Å². The molecule has 1 N–H and O–H groups in total. The van der Waals surface area contributed by atoms with Crippen LogP contribution in [-0.2, 0) is 25.9 Å². The third-order valence-corrected chi connectivity index (χ3v) is 5.65. The Morgan fingerprint density at radius 3 is 2.48 bits per heavy atom. The zero-order chi connectivity index (χ0) is 22.3. The maximum atomic E-state index is 6.02. The Morgan fingerprint density at radius 2 is 1.61 bits per heavy atom. The Kier molecular flexibility index (Phi) is 6.33. The molecular weight excluding hydrogens is 410 g/mol. The normalized spacial score (nSPS) is 11.0. The van der Waals surface area contributed by atoms with Gasteiger partial charge >= 0.3 is 0 Å². The molecule has 2 aromatic heterocycles. The fraction of sp³-hybridized carbons (Fsp3) is 0.185. The third-order valence-electron chi connectivity index (χ3n) is 5.65. The van der Waals surface area contributed by atoms with E-state index < -0.39 is 0 Å². The number of pyridine rings is 1. The van der Waals surface area contributed by atoms with Crippen molar-refractivity contribution in [3.8, 4) is 5.75 Å². The number of H-pyrrole nitrogens is 1. The van der Waals surface area contributed by atoms with Crippen LogP contribution in [-0.4, -0.2) is 25.6 Å². The number of benzene rings is 3. The summed E-state index contributed by atoms with van der Waals surface area (Å²) in [7, 11) is 0. The Bertz CT molecular complexity index is 1320. The molecular formula is C27H25N5O. The van der Waals surface area contributed by atoms with Crippen LogP contribution >= 0.6 is 0 Å². The number of para-hydroxylation sites is 1. The first-order valence-corrected chi connectivity index (χ1v) is 11.2. The number of fused-ring (bicyclic) bond motifs is 1. The summed E-state index contributed by atoms with van der Waals surface area (Å²) in [6, 6.07) is 29.3. The van der Waals surface area contributed by atoms with Gasteiger partial charge in [0.2, 0.25) is 0 Å². The fourth-order valence-electron chi connectivity index (χ4n) is 3.90. The lowest BCUT2D eigenvalue weighted by Gasteiger charge is -2.09. The molecule has 5 aromatic rings. The van der Waals surface area contributed by atoms with Crippen LogP contribution in [0.15, 0.2) is 84.9 Å². The average Bonchev–Trinajstić information content (AvgIpc) is 3.37. The molecule has 0 aliphatic heterocycles. The number of aromatic nitrogens is 5. The van der Waals surface area contributed by atoms with Crippen LogP contribution in [0.25, 0.3) is 10.9 Å². The van der Waals surface area contributed by atoms with E-state index in [0.29, 0.717) is 18.9 Å². The molecule has 0 radical (unpaired) electrons. The molecule has 2 heterocycles. The van der Waals surface area contributed by atoms with E-state index in [4.69, 9.17) is 4.74 Å². The summed E-state index contributed by atoms with van der Waals surface area (Å²) < 4.78 is 6.02. The van der Waals surface area contributed by atoms with Crippen molar-refractivity contribution in [1.82, 2.24) is 25.6 Å². The maximum absolute atomic E-state index is 6.02. The molecule has 0 aliphatic rings. The molecule has 0 unspecified atom stereocenters. The van der Waals surface area contributed by atoms with Gasteiger partial charge in [-0.1, -0.05) is 65.9 Å². The monoisotopic (exact) mass is 435 g/mol. The number of hydrogen-bond donors (Lipinski definition) is 1. The lowest BCUT2D eigenvalue weighted by molar-refractivity contribution is 0.301. The van der Waals surface area contributed by atoms with Gasteiger partial charge in [0.05, 0.1) is 11.2 Å². The molecule has 0 atom stereocenters. The molecule has 164 valence electrons. The molecule has 0 bridgehead atoms. The average molecular weight is 436 g/mol. The highest BCUT2D eigenvalue weighted by Gasteiger charge is 2.03. The van der Waals surface area contributed by atoms with Gasteiger partial charge in [0.25, 0.3) is 0 Å². The summed E-state index contributed by atoms with van der Waals surface area (Å²) >= 11 is 0. The van der Waals surface area contributed by atoms with E-state index in [1.54, 1.807) is 0 Å². The van der Waals surface area contributed by atoms with Crippen molar-refractivity contribution < 1.29 is 4.74 Å². The van der Waals surface area contributed by atoms with E-state index >= 15 is 0 Å². The van der Waals surface area contributed by atoms with E-state index in [-0.39, 0.29) is 0 Å². The molecule has 0 spiro atoms. The summed E-state index contributed by atoms with van der Waals surface area (Å²) in [5.74, 6) is 1.59. The highest BCUT2D eigenvalue weighted by molar-refractivity contribution is 5.78. The van der Waals surface area contributed by atoms with Gasteiger partial charge in [-0.05, 0) is 60.2 Å². The molecule has 0 saturated carbocycles. The highest BCUT2D eigenvalue weighted by atomic mass is 16.5. The first kappa shape index (κ1) is 20.8. The largest absolute Gasteiger partial charge is 0.487 e. The molecule has 3 aromatic carbocycles. The van der Waals surface area contributed by atoms with Gasteiger partial charge in [-0.15, -0.1) is 10.2 Å². The van der Waals surface area contributed by atoms with Crippen LogP contribution < -0.4 is 4.74 Å². The standard InChI is InChI=1S/C27H25N5O/c1-2-10-26-23(8-1)15-16-24(28-26)19-33-25-9-4-7-21(17-25)6-3-5-20-11-13-22(14-12-20)18-27-29-31-32-30-27/h1-2,4,7-17H,3,5-6,18-19H2,(H,29,30,31,32). The van der Waals surface area contributed by atoms with Gasteiger partial charge in [-0.2, -0.15) is 5.21 Å². The lowest BCUT2D eigenvalue weighted by atomic mass is 10.0. The first-order valence-electron chi connectivity index (χ1n) is 11.2. The van der Waals surface area contributed by atoms with Gasteiger partial charge in [0, 0.05) is 11.8 Å². The van der Waals surface area contributed by atoms with E-state index in [1.165, 1.54) is 16.7 Å². The highest BCUT2D eigenvalue weighted by Crippen LogP contribution is 2.18. The number of nitrogens with one attached hydrogen (secondary N) is 1. The van der Waals surface area contributed by atoms with Gasteiger partial charge in [-0.3, -0.25) is 0 Å². The van der Waals surface area contributed by atoms with Crippen molar-refractivity contribution in [3.05, 3.63) is 113 Å². The number of nitrogens with zero attached hydrogens (tertiary/aromatic N) is 4. The predicted molar refractivity (Wildman–Crippen MR) is 128 cm³/mol. The summed E-state index contributed by atoms with van der Waals surface area (Å²) in [6.07, 6.45) is 3.82. The van der Waals surface area contributed by atoms with Crippen molar-refractivity contribution in [3.63, 3.8) is 0 Å². The Morgan fingerprint density at radius 1 is 0.758 bits per heavy atom. The number of ether oxygens (including phenoxy) is 1. The van der Waals surface area contributed by atoms with Crippen molar-refractivity contribution in [1.29, 1.82) is 0 Å². The van der Waals surface area contributed by atoms with E-state index in [1.807, 2.05) is 30.3 Å². The van der Waals surface area contributed by atoms with Crippen LogP contribution in [0.5, 0.6) is 5.75 Å². The fourth-order valence-corrected chi connectivity index (χ4v) is 3.90.